The van der Waals surface area contributed by atoms with Gasteiger partial charge in [-0.05, 0) is 49.2 Å². The first-order valence-corrected chi connectivity index (χ1v) is 10.2. The Kier molecular flexibility index (Phi) is 9.84. The zero-order valence-electron chi connectivity index (χ0n) is 14.2. The molecule has 0 bridgehead atoms. The van der Waals surface area contributed by atoms with E-state index >= 15 is 0 Å². The molecule has 2 aromatic rings. The molecule has 0 fully saturated rings. The van der Waals surface area contributed by atoms with Gasteiger partial charge < -0.3 is 20.6 Å². The van der Waals surface area contributed by atoms with Gasteiger partial charge in [-0.25, -0.2) is 16.8 Å². The van der Waals surface area contributed by atoms with Crippen LogP contribution >= 0.6 is 23.2 Å². The molecule has 2 rings (SSSR count). The summed E-state index contributed by atoms with van der Waals surface area (Å²) in [7, 11) is -9.08. The van der Waals surface area contributed by atoms with E-state index in [-0.39, 0.29) is 59.2 Å². The minimum atomic E-state index is -4.54. The summed E-state index contributed by atoms with van der Waals surface area (Å²) < 4.78 is 64.0. The molecule has 0 radical (unpaired) electrons. The van der Waals surface area contributed by atoms with Crippen LogP contribution in [0.25, 0.3) is 0 Å². The molecule has 0 amide bonds. The first-order chi connectivity index (χ1) is 11.6. The van der Waals surface area contributed by atoms with Crippen molar-refractivity contribution in [2.75, 3.05) is 11.5 Å². The standard InChI is InChI=1S/2C7H8ClNO3S.Ca/c2*1-4-2-5(8)3-6(7(4)9)13(10,11)12;/h2*2-3H,9H2,1H3,(H,10,11,12);/q;;+2/p-2. The van der Waals surface area contributed by atoms with Crippen molar-refractivity contribution < 1.29 is 25.9 Å². The van der Waals surface area contributed by atoms with Crippen molar-refractivity contribution in [2.24, 2.45) is 0 Å². The van der Waals surface area contributed by atoms with Gasteiger partial charge in [0.25, 0.3) is 0 Å². The topological polar surface area (TPSA) is 166 Å². The Morgan fingerprint density at radius 2 is 1.00 bits per heavy atom. The average Bonchev–Trinajstić information content (AvgIpc) is 2.45. The molecular weight excluding hydrogens is 467 g/mol. The zero-order chi connectivity index (χ0) is 20.4. The molecular formula is C14H14CaCl2N2O6S2. The van der Waals surface area contributed by atoms with Gasteiger partial charge in [0, 0.05) is 10.0 Å². The Balaban J connectivity index is 0.000000483. The molecule has 27 heavy (non-hydrogen) atoms. The quantitative estimate of drug-likeness (QED) is 0.373. The van der Waals surface area contributed by atoms with E-state index in [0.29, 0.717) is 11.1 Å². The third kappa shape index (κ3) is 7.56. The number of benzene rings is 2. The number of rotatable bonds is 2. The Labute approximate surface area is 197 Å². The third-order valence-electron chi connectivity index (χ3n) is 3.17. The fourth-order valence-corrected chi connectivity index (χ4v) is 3.94. The minimum absolute atomic E-state index is 0. The second kappa shape index (κ2) is 9.95. The van der Waals surface area contributed by atoms with Gasteiger partial charge in [-0.2, -0.15) is 0 Å². The second-order valence-corrected chi connectivity index (χ2v) is 8.75. The smallest absolute Gasteiger partial charge is 0.744 e. The van der Waals surface area contributed by atoms with Crippen LogP contribution in [0.4, 0.5) is 11.4 Å². The molecule has 0 aliphatic heterocycles. The van der Waals surface area contributed by atoms with Crippen molar-refractivity contribution >= 4 is 92.6 Å². The average molecular weight is 481 g/mol. The van der Waals surface area contributed by atoms with Gasteiger partial charge in [0.1, 0.15) is 20.2 Å². The molecule has 0 unspecified atom stereocenters. The van der Waals surface area contributed by atoms with Crippen LogP contribution in [0.3, 0.4) is 0 Å². The van der Waals surface area contributed by atoms with Gasteiger partial charge in [-0.3, -0.25) is 0 Å². The summed E-state index contributed by atoms with van der Waals surface area (Å²) >= 11 is 11.1. The van der Waals surface area contributed by atoms with Gasteiger partial charge in [-0.1, -0.05) is 23.2 Å². The monoisotopic (exact) mass is 480 g/mol. The Bertz CT molecular complexity index is 974. The normalized spacial score (nSPS) is 11.2. The fraction of sp³-hybridized carbons (Fsp3) is 0.143. The maximum absolute atomic E-state index is 10.7. The van der Waals surface area contributed by atoms with Crippen LogP contribution in [-0.4, -0.2) is 63.7 Å². The van der Waals surface area contributed by atoms with E-state index < -0.39 is 30.0 Å². The zero-order valence-corrected chi connectivity index (χ0v) is 19.5. The number of aryl methyl sites for hydroxylation is 2. The summed E-state index contributed by atoms with van der Waals surface area (Å²) in [6, 6.07) is 5.08. The van der Waals surface area contributed by atoms with Crippen molar-refractivity contribution in [2.45, 2.75) is 23.6 Å². The predicted molar refractivity (Wildman–Crippen MR) is 103 cm³/mol. The number of nitrogens with two attached hydrogens (primary N) is 2. The molecule has 0 spiro atoms. The van der Waals surface area contributed by atoms with Gasteiger partial charge in [0.15, 0.2) is 0 Å². The predicted octanol–water partition coefficient (Wildman–Crippen LogP) is 1.89. The molecule has 2 aromatic carbocycles. The number of halogens is 2. The molecule has 0 atom stereocenters. The van der Waals surface area contributed by atoms with Crippen LogP contribution < -0.4 is 11.5 Å². The molecule has 0 aromatic heterocycles. The Hall–Kier alpha value is -0.300. The van der Waals surface area contributed by atoms with Gasteiger partial charge in [0.05, 0.1) is 21.2 Å². The number of anilines is 2. The maximum Gasteiger partial charge on any atom is 2.00 e. The van der Waals surface area contributed by atoms with Crippen molar-refractivity contribution in [3.8, 4) is 0 Å². The maximum atomic E-state index is 10.7. The molecule has 0 aliphatic rings. The molecule has 0 saturated heterocycles. The third-order valence-corrected chi connectivity index (χ3v) is 5.36. The largest absolute Gasteiger partial charge is 2.00 e. The van der Waals surface area contributed by atoms with Crippen molar-refractivity contribution in [1.29, 1.82) is 0 Å². The van der Waals surface area contributed by atoms with Crippen LogP contribution in [0.5, 0.6) is 0 Å². The molecule has 13 heteroatoms. The van der Waals surface area contributed by atoms with Crippen LogP contribution in [0.1, 0.15) is 11.1 Å². The van der Waals surface area contributed by atoms with Crippen LogP contribution in [0.15, 0.2) is 34.1 Å². The Morgan fingerprint density at radius 1 is 0.741 bits per heavy atom. The Morgan fingerprint density at radius 3 is 1.22 bits per heavy atom. The minimum Gasteiger partial charge on any atom is -0.744 e. The van der Waals surface area contributed by atoms with E-state index in [9.17, 15) is 25.9 Å². The van der Waals surface area contributed by atoms with E-state index in [0.717, 1.165) is 12.1 Å². The molecule has 0 heterocycles. The van der Waals surface area contributed by atoms with E-state index in [1.165, 1.54) is 12.1 Å². The van der Waals surface area contributed by atoms with E-state index in [4.69, 9.17) is 34.7 Å². The van der Waals surface area contributed by atoms with Gasteiger partial charge >= 0.3 is 37.7 Å². The summed E-state index contributed by atoms with van der Waals surface area (Å²) in [6.45, 7) is 3.16. The van der Waals surface area contributed by atoms with E-state index in [1.54, 1.807) is 13.8 Å². The summed E-state index contributed by atoms with van der Waals surface area (Å²) in [6.07, 6.45) is 0. The molecule has 0 aliphatic carbocycles. The first kappa shape index (κ1) is 26.7. The van der Waals surface area contributed by atoms with Crippen LogP contribution in [0, 0.1) is 13.8 Å². The molecule has 144 valence electrons. The summed E-state index contributed by atoms with van der Waals surface area (Å²) in [4.78, 5) is -0.921. The van der Waals surface area contributed by atoms with Crippen molar-refractivity contribution in [3.05, 3.63) is 45.4 Å². The second-order valence-electron chi connectivity index (χ2n) is 5.18. The van der Waals surface area contributed by atoms with Crippen LogP contribution in [-0.2, 0) is 20.2 Å². The first-order valence-electron chi connectivity index (χ1n) is 6.67. The SMILES string of the molecule is Cc1cc(Cl)cc(S(=O)(=O)[O-])c1N.Cc1cc(Cl)cc(S(=O)(=O)[O-])c1N.[Ca+2]. The van der Waals surface area contributed by atoms with E-state index in [1.807, 2.05) is 0 Å². The number of hydrogen-bond acceptors (Lipinski definition) is 8. The summed E-state index contributed by atoms with van der Waals surface area (Å²) in [5.41, 5.74) is 11.7. The molecule has 4 N–H and O–H groups in total. The van der Waals surface area contributed by atoms with Crippen molar-refractivity contribution in [3.63, 3.8) is 0 Å². The molecule has 0 saturated carbocycles. The van der Waals surface area contributed by atoms with Gasteiger partial charge in [0.2, 0.25) is 0 Å². The summed E-state index contributed by atoms with van der Waals surface area (Å²) in [5, 5.41) is 0.363. The summed E-state index contributed by atoms with van der Waals surface area (Å²) in [5.74, 6) is 0. The van der Waals surface area contributed by atoms with Crippen LogP contribution in [0.2, 0.25) is 10.0 Å². The molecule has 8 nitrogen and oxygen atoms in total. The fourth-order valence-electron chi connectivity index (χ4n) is 1.86. The van der Waals surface area contributed by atoms with E-state index in [2.05, 4.69) is 0 Å². The number of nitrogen functional groups attached to an aromatic ring is 2. The van der Waals surface area contributed by atoms with Gasteiger partial charge in [-0.15, -0.1) is 0 Å². The number of hydrogen-bond donors (Lipinski definition) is 2. The van der Waals surface area contributed by atoms with Crippen molar-refractivity contribution in [1.82, 2.24) is 0 Å².